The average molecular weight is 286 g/mol. The maximum absolute atomic E-state index is 12.7. The largest absolute Gasteiger partial charge is 0.465 e. The Morgan fingerprint density at radius 3 is 1.63 bits per heavy atom. The van der Waals surface area contributed by atoms with E-state index in [-0.39, 0.29) is 5.56 Å². The second-order valence-electron chi connectivity index (χ2n) is 3.72. The number of carbonyl (C=O) groups excluding carboxylic acids is 1. The zero-order chi connectivity index (χ0) is 15.0. The summed E-state index contributed by atoms with van der Waals surface area (Å²) in [5.74, 6) is -1.68. The molecule has 0 amide bonds. The highest BCUT2D eigenvalue weighted by Gasteiger charge is 2.43. The van der Waals surface area contributed by atoms with Crippen LogP contribution in [0.2, 0.25) is 0 Å². The topological polar surface area (TPSA) is 26.3 Å². The molecule has 0 N–H and O–H groups in total. The molecule has 0 saturated heterocycles. The van der Waals surface area contributed by atoms with Gasteiger partial charge in [0.1, 0.15) is 0 Å². The fourth-order valence-electron chi connectivity index (χ4n) is 1.56. The maximum atomic E-state index is 12.7. The summed E-state index contributed by atoms with van der Waals surface area (Å²) in [4.78, 5) is 11.2. The van der Waals surface area contributed by atoms with E-state index in [4.69, 9.17) is 0 Å². The number of methoxy groups -OCH3 is 1. The molecule has 0 aromatic heterocycles. The van der Waals surface area contributed by atoms with Crippen LogP contribution in [-0.2, 0) is 17.1 Å². The first-order chi connectivity index (χ1) is 8.48. The Morgan fingerprint density at radius 2 is 1.37 bits per heavy atom. The summed E-state index contributed by atoms with van der Waals surface area (Å²) in [5.41, 5.74) is -5.10. The molecule has 0 saturated carbocycles. The molecule has 19 heavy (non-hydrogen) atoms. The van der Waals surface area contributed by atoms with Crippen molar-refractivity contribution in [1.82, 2.24) is 0 Å². The smallest absolute Gasteiger partial charge is 0.417 e. The van der Waals surface area contributed by atoms with Gasteiger partial charge in [-0.25, -0.2) is 4.79 Å². The Morgan fingerprint density at radius 1 is 1.00 bits per heavy atom. The number of halogens is 6. The Balaban J connectivity index is 3.74. The van der Waals surface area contributed by atoms with E-state index in [1.807, 2.05) is 0 Å². The van der Waals surface area contributed by atoms with Gasteiger partial charge in [-0.2, -0.15) is 26.3 Å². The van der Waals surface area contributed by atoms with Gasteiger partial charge in [0, 0.05) is 0 Å². The third kappa shape index (κ3) is 3.18. The number of ether oxygens (including phenoxy) is 1. The molecule has 2 nitrogen and oxygen atoms in total. The highest BCUT2D eigenvalue weighted by Crippen LogP contribution is 2.40. The van der Waals surface area contributed by atoms with Crippen LogP contribution in [0, 0.1) is 6.92 Å². The van der Waals surface area contributed by atoms with Crippen LogP contribution < -0.4 is 0 Å². The van der Waals surface area contributed by atoms with Crippen LogP contribution in [0.3, 0.4) is 0 Å². The van der Waals surface area contributed by atoms with Gasteiger partial charge in [-0.05, 0) is 24.6 Å². The molecule has 8 heteroatoms. The van der Waals surface area contributed by atoms with Crippen molar-refractivity contribution in [2.24, 2.45) is 0 Å². The number of carbonyl (C=O) groups is 1. The summed E-state index contributed by atoms with van der Waals surface area (Å²) in [6.45, 7) is 1.07. The summed E-state index contributed by atoms with van der Waals surface area (Å²) in [6.07, 6.45) is -10.2. The van der Waals surface area contributed by atoms with Crippen molar-refractivity contribution in [2.75, 3.05) is 7.11 Å². The lowest BCUT2D eigenvalue weighted by molar-refractivity contribution is -0.144. The third-order valence-electron chi connectivity index (χ3n) is 2.28. The van der Waals surface area contributed by atoms with E-state index in [1.165, 1.54) is 0 Å². The van der Waals surface area contributed by atoms with Crippen molar-refractivity contribution in [3.8, 4) is 0 Å². The molecule has 0 radical (unpaired) electrons. The van der Waals surface area contributed by atoms with Crippen LogP contribution in [0.4, 0.5) is 26.3 Å². The van der Waals surface area contributed by atoms with E-state index in [2.05, 4.69) is 4.74 Å². The van der Waals surface area contributed by atoms with Gasteiger partial charge in [-0.1, -0.05) is 0 Å². The van der Waals surface area contributed by atoms with Gasteiger partial charge >= 0.3 is 18.3 Å². The monoisotopic (exact) mass is 286 g/mol. The summed E-state index contributed by atoms with van der Waals surface area (Å²) in [6, 6.07) is 0.947. The van der Waals surface area contributed by atoms with E-state index in [9.17, 15) is 31.1 Å². The SMILES string of the molecule is COC(=O)c1c(C(F)(F)F)cc(C)cc1C(F)(F)F. The predicted octanol–water partition coefficient (Wildman–Crippen LogP) is 3.82. The van der Waals surface area contributed by atoms with Gasteiger partial charge in [0.15, 0.2) is 0 Å². The van der Waals surface area contributed by atoms with Crippen molar-refractivity contribution in [3.63, 3.8) is 0 Å². The van der Waals surface area contributed by atoms with Crippen LogP contribution in [0.25, 0.3) is 0 Å². The number of hydrogen-bond acceptors (Lipinski definition) is 2. The lowest BCUT2D eigenvalue weighted by Gasteiger charge is -2.18. The molecule has 1 aromatic carbocycles. The van der Waals surface area contributed by atoms with Crippen LogP contribution in [0.5, 0.6) is 0 Å². The number of benzene rings is 1. The molecule has 106 valence electrons. The van der Waals surface area contributed by atoms with Gasteiger partial charge in [0.05, 0.1) is 23.8 Å². The second-order valence-corrected chi connectivity index (χ2v) is 3.72. The van der Waals surface area contributed by atoms with Gasteiger partial charge < -0.3 is 4.74 Å². The molecule has 0 atom stereocenters. The third-order valence-corrected chi connectivity index (χ3v) is 2.28. The van der Waals surface area contributed by atoms with E-state index in [0.717, 1.165) is 6.92 Å². The maximum Gasteiger partial charge on any atom is 0.417 e. The molecule has 1 rings (SSSR count). The van der Waals surface area contributed by atoms with Gasteiger partial charge in [0.2, 0.25) is 0 Å². The number of aryl methyl sites for hydroxylation is 1. The minimum Gasteiger partial charge on any atom is -0.465 e. The summed E-state index contributed by atoms with van der Waals surface area (Å²) in [5, 5.41) is 0. The van der Waals surface area contributed by atoms with Crippen LogP contribution in [-0.4, -0.2) is 13.1 Å². The first-order valence-electron chi connectivity index (χ1n) is 4.86. The fraction of sp³-hybridized carbons (Fsp3) is 0.364. The van der Waals surface area contributed by atoms with Gasteiger partial charge in [-0.3, -0.25) is 0 Å². The Kier molecular flexibility index (Phi) is 3.83. The highest BCUT2D eigenvalue weighted by atomic mass is 19.4. The fourth-order valence-corrected chi connectivity index (χ4v) is 1.56. The zero-order valence-electron chi connectivity index (χ0n) is 9.74. The molecule has 0 spiro atoms. The van der Waals surface area contributed by atoms with E-state index < -0.39 is 35.0 Å². The summed E-state index contributed by atoms with van der Waals surface area (Å²) < 4.78 is 80.3. The number of hydrogen-bond donors (Lipinski definition) is 0. The predicted molar refractivity (Wildman–Crippen MR) is 52.5 cm³/mol. The minimum absolute atomic E-state index is 0.257. The first kappa shape index (κ1) is 15.3. The standard InChI is InChI=1S/C11H8F6O2/c1-5-3-6(10(12,13)14)8(9(18)19-2)7(4-5)11(15,16)17/h3-4H,1-2H3. The molecular formula is C11H8F6O2. The average Bonchev–Trinajstić information content (AvgIpc) is 2.24. The van der Waals surface area contributed by atoms with Crippen molar-refractivity contribution in [3.05, 3.63) is 34.4 Å². The molecule has 0 fully saturated rings. The number of alkyl halides is 6. The van der Waals surface area contributed by atoms with Crippen molar-refractivity contribution in [1.29, 1.82) is 0 Å². The lowest BCUT2D eigenvalue weighted by Crippen LogP contribution is -2.21. The number of esters is 1. The van der Waals surface area contributed by atoms with E-state index in [0.29, 0.717) is 19.2 Å². The molecule has 1 aromatic rings. The zero-order valence-corrected chi connectivity index (χ0v) is 9.74. The summed E-state index contributed by atoms with van der Waals surface area (Å²) >= 11 is 0. The molecular weight excluding hydrogens is 278 g/mol. The Labute approximate surface area is 104 Å². The molecule has 0 bridgehead atoms. The molecule has 0 heterocycles. The molecule has 0 aliphatic carbocycles. The van der Waals surface area contributed by atoms with E-state index >= 15 is 0 Å². The minimum atomic E-state index is -5.09. The Hall–Kier alpha value is -1.73. The second kappa shape index (κ2) is 4.75. The first-order valence-corrected chi connectivity index (χ1v) is 4.86. The van der Waals surface area contributed by atoms with Crippen molar-refractivity contribution in [2.45, 2.75) is 19.3 Å². The quantitative estimate of drug-likeness (QED) is 0.579. The van der Waals surface area contributed by atoms with Crippen molar-refractivity contribution >= 4 is 5.97 Å². The molecule has 0 aliphatic rings. The lowest BCUT2D eigenvalue weighted by atomic mass is 9.97. The van der Waals surface area contributed by atoms with Gasteiger partial charge in [0.25, 0.3) is 0 Å². The van der Waals surface area contributed by atoms with Gasteiger partial charge in [-0.15, -0.1) is 0 Å². The summed E-state index contributed by atoms with van der Waals surface area (Å²) in [7, 11) is 0.711. The molecule has 0 unspecified atom stereocenters. The van der Waals surface area contributed by atoms with E-state index in [1.54, 1.807) is 0 Å². The Bertz CT molecular complexity index is 466. The van der Waals surface area contributed by atoms with Crippen LogP contribution in [0.1, 0.15) is 27.0 Å². The van der Waals surface area contributed by atoms with Crippen LogP contribution in [0.15, 0.2) is 12.1 Å². The number of rotatable bonds is 1. The molecule has 0 aliphatic heterocycles. The highest BCUT2D eigenvalue weighted by molar-refractivity contribution is 5.93. The normalized spacial score (nSPS) is 12.4. The van der Waals surface area contributed by atoms with Crippen molar-refractivity contribution < 1.29 is 35.9 Å². The van der Waals surface area contributed by atoms with Crippen LogP contribution >= 0.6 is 0 Å².